The SMILES string of the molecule is CCCOB(OCCC)c1ccccc1C#N. The smallest absolute Gasteiger partial charge is 0.407 e. The minimum Gasteiger partial charge on any atom is -0.407 e. The lowest BCUT2D eigenvalue weighted by molar-refractivity contribution is 0.207. The normalized spacial score (nSPS) is 9.94. The van der Waals surface area contributed by atoms with Gasteiger partial charge in [0.1, 0.15) is 0 Å². The molecule has 0 bridgehead atoms. The molecule has 0 aliphatic rings. The van der Waals surface area contributed by atoms with E-state index in [1.165, 1.54) is 0 Å². The molecule has 0 aliphatic carbocycles. The molecule has 0 saturated heterocycles. The van der Waals surface area contributed by atoms with Gasteiger partial charge in [-0.3, -0.25) is 0 Å². The van der Waals surface area contributed by atoms with Crippen molar-refractivity contribution in [3.8, 4) is 6.07 Å². The molecule has 0 aromatic heterocycles. The quantitative estimate of drug-likeness (QED) is 0.675. The molecule has 0 amide bonds. The van der Waals surface area contributed by atoms with Crippen molar-refractivity contribution in [1.82, 2.24) is 0 Å². The second-order valence-electron chi connectivity index (χ2n) is 3.77. The number of rotatable bonds is 7. The van der Waals surface area contributed by atoms with Gasteiger partial charge in [0, 0.05) is 18.7 Å². The zero-order valence-corrected chi connectivity index (χ0v) is 10.5. The number of nitrogens with zero attached hydrogens (tertiary/aromatic N) is 1. The van der Waals surface area contributed by atoms with Crippen molar-refractivity contribution < 1.29 is 9.31 Å². The first-order valence-corrected chi connectivity index (χ1v) is 6.05. The van der Waals surface area contributed by atoms with Crippen LogP contribution in [-0.2, 0) is 9.31 Å². The van der Waals surface area contributed by atoms with Crippen molar-refractivity contribution in [2.75, 3.05) is 13.2 Å². The van der Waals surface area contributed by atoms with Crippen molar-refractivity contribution in [1.29, 1.82) is 5.26 Å². The summed E-state index contributed by atoms with van der Waals surface area (Å²) in [4.78, 5) is 0. The molecule has 90 valence electrons. The van der Waals surface area contributed by atoms with E-state index in [-0.39, 0.29) is 0 Å². The second kappa shape index (κ2) is 7.89. The molecular formula is C13H18BNO2. The first kappa shape index (κ1) is 13.8. The maximum Gasteiger partial charge on any atom is 0.495 e. The number of benzene rings is 1. The monoisotopic (exact) mass is 231 g/mol. The third kappa shape index (κ3) is 4.22. The summed E-state index contributed by atoms with van der Waals surface area (Å²) in [5.41, 5.74) is 1.43. The molecular weight excluding hydrogens is 213 g/mol. The van der Waals surface area contributed by atoms with E-state index >= 15 is 0 Å². The molecule has 1 aromatic rings. The van der Waals surface area contributed by atoms with Gasteiger partial charge in [-0.25, -0.2) is 0 Å². The van der Waals surface area contributed by atoms with Crippen LogP contribution in [0.4, 0.5) is 0 Å². The highest BCUT2D eigenvalue weighted by Gasteiger charge is 2.23. The number of nitriles is 1. The Bertz CT molecular complexity index is 368. The molecule has 0 radical (unpaired) electrons. The lowest BCUT2D eigenvalue weighted by atomic mass is 9.76. The largest absolute Gasteiger partial charge is 0.495 e. The molecule has 1 rings (SSSR count). The standard InChI is InChI=1S/C13H18BNO2/c1-3-9-16-14(17-10-4-2)13-8-6-5-7-12(13)11-15/h5-8H,3-4,9-10H2,1-2H3. The molecule has 0 saturated carbocycles. The third-order valence-electron chi connectivity index (χ3n) is 2.28. The lowest BCUT2D eigenvalue weighted by Gasteiger charge is -2.15. The predicted molar refractivity (Wildman–Crippen MR) is 69.0 cm³/mol. The second-order valence-corrected chi connectivity index (χ2v) is 3.77. The Morgan fingerprint density at radius 2 is 1.71 bits per heavy atom. The van der Waals surface area contributed by atoms with Gasteiger partial charge in [-0.05, 0) is 18.9 Å². The van der Waals surface area contributed by atoms with Crippen LogP contribution in [0.2, 0.25) is 0 Å². The van der Waals surface area contributed by atoms with Gasteiger partial charge < -0.3 is 9.31 Å². The van der Waals surface area contributed by atoms with Crippen LogP contribution in [0.1, 0.15) is 32.3 Å². The molecule has 0 spiro atoms. The van der Waals surface area contributed by atoms with Crippen molar-refractivity contribution in [2.24, 2.45) is 0 Å². The molecule has 0 fully saturated rings. The van der Waals surface area contributed by atoms with E-state index in [4.69, 9.17) is 14.6 Å². The van der Waals surface area contributed by atoms with Crippen LogP contribution < -0.4 is 5.46 Å². The van der Waals surface area contributed by atoms with Gasteiger partial charge in [-0.15, -0.1) is 0 Å². The highest BCUT2D eigenvalue weighted by Crippen LogP contribution is 2.01. The fourth-order valence-corrected chi connectivity index (χ4v) is 1.48. The van der Waals surface area contributed by atoms with Crippen LogP contribution in [-0.4, -0.2) is 20.3 Å². The Labute approximate surface area is 103 Å². The van der Waals surface area contributed by atoms with Crippen LogP contribution in [0.5, 0.6) is 0 Å². The van der Waals surface area contributed by atoms with E-state index < -0.39 is 7.12 Å². The average molecular weight is 231 g/mol. The third-order valence-corrected chi connectivity index (χ3v) is 2.28. The highest BCUT2D eigenvalue weighted by molar-refractivity contribution is 6.62. The van der Waals surface area contributed by atoms with Crippen molar-refractivity contribution in [3.63, 3.8) is 0 Å². The van der Waals surface area contributed by atoms with Crippen molar-refractivity contribution in [2.45, 2.75) is 26.7 Å². The fourth-order valence-electron chi connectivity index (χ4n) is 1.48. The van der Waals surface area contributed by atoms with Gasteiger partial charge in [0.05, 0.1) is 11.6 Å². The molecule has 0 aliphatic heterocycles. The molecule has 4 heteroatoms. The first-order chi connectivity index (χ1) is 8.33. The van der Waals surface area contributed by atoms with Gasteiger partial charge in [-0.1, -0.05) is 32.0 Å². The topological polar surface area (TPSA) is 42.2 Å². The number of hydrogen-bond donors (Lipinski definition) is 0. The van der Waals surface area contributed by atoms with E-state index in [0.29, 0.717) is 18.8 Å². The lowest BCUT2D eigenvalue weighted by Crippen LogP contribution is -2.39. The van der Waals surface area contributed by atoms with E-state index in [2.05, 4.69) is 6.07 Å². The molecule has 1 aromatic carbocycles. The zero-order chi connectivity index (χ0) is 12.5. The Morgan fingerprint density at radius 3 is 2.24 bits per heavy atom. The highest BCUT2D eigenvalue weighted by atomic mass is 16.6. The Balaban J connectivity index is 2.83. The number of hydrogen-bond acceptors (Lipinski definition) is 3. The predicted octanol–water partition coefficient (Wildman–Crippen LogP) is 2.11. The van der Waals surface area contributed by atoms with Crippen molar-refractivity contribution in [3.05, 3.63) is 29.8 Å². The Hall–Kier alpha value is -1.31. The van der Waals surface area contributed by atoms with Crippen LogP contribution in [0.25, 0.3) is 0 Å². The summed E-state index contributed by atoms with van der Waals surface area (Å²) in [5, 5.41) is 9.06. The summed E-state index contributed by atoms with van der Waals surface area (Å²) in [5.74, 6) is 0. The maximum absolute atomic E-state index is 9.06. The minimum atomic E-state index is -0.425. The van der Waals surface area contributed by atoms with Gasteiger partial charge in [0.15, 0.2) is 0 Å². The van der Waals surface area contributed by atoms with Crippen molar-refractivity contribution >= 4 is 12.6 Å². The molecule has 0 unspecified atom stereocenters. The summed E-state index contributed by atoms with van der Waals surface area (Å²) < 4.78 is 11.3. The minimum absolute atomic E-state index is 0.425. The average Bonchev–Trinajstić information content (AvgIpc) is 2.39. The zero-order valence-electron chi connectivity index (χ0n) is 10.5. The molecule has 0 heterocycles. The summed E-state index contributed by atoms with van der Waals surface area (Å²) in [6.45, 7) is 5.36. The van der Waals surface area contributed by atoms with E-state index in [1.54, 1.807) is 6.07 Å². The van der Waals surface area contributed by atoms with Crippen LogP contribution in [0, 0.1) is 11.3 Å². The first-order valence-electron chi connectivity index (χ1n) is 6.05. The van der Waals surface area contributed by atoms with E-state index in [1.807, 2.05) is 32.0 Å². The molecule has 3 nitrogen and oxygen atoms in total. The maximum atomic E-state index is 9.06. The van der Waals surface area contributed by atoms with Gasteiger partial charge in [0.2, 0.25) is 0 Å². The van der Waals surface area contributed by atoms with Gasteiger partial charge >= 0.3 is 7.12 Å². The Morgan fingerprint density at radius 1 is 1.12 bits per heavy atom. The molecule has 17 heavy (non-hydrogen) atoms. The summed E-state index contributed by atoms with van der Waals surface area (Å²) in [7, 11) is -0.425. The summed E-state index contributed by atoms with van der Waals surface area (Å²) in [6, 6.07) is 9.58. The van der Waals surface area contributed by atoms with Gasteiger partial charge in [0.25, 0.3) is 0 Å². The van der Waals surface area contributed by atoms with Crippen LogP contribution in [0.3, 0.4) is 0 Å². The van der Waals surface area contributed by atoms with Gasteiger partial charge in [-0.2, -0.15) is 5.26 Å². The molecule has 0 atom stereocenters. The fraction of sp³-hybridized carbons (Fsp3) is 0.462. The summed E-state index contributed by atoms with van der Waals surface area (Å²) in [6.07, 6.45) is 1.86. The Kier molecular flexibility index (Phi) is 6.38. The van der Waals surface area contributed by atoms with E-state index in [9.17, 15) is 0 Å². The summed E-state index contributed by atoms with van der Waals surface area (Å²) >= 11 is 0. The molecule has 0 N–H and O–H groups in total. The van der Waals surface area contributed by atoms with E-state index in [0.717, 1.165) is 18.3 Å². The van der Waals surface area contributed by atoms with Crippen LogP contribution >= 0.6 is 0 Å². The van der Waals surface area contributed by atoms with Crippen LogP contribution in [0.15, 0.2) is 24.3 Å².